The van der Waals surface area contributed by atoms with E-state index in [-0.39, 0.29) is 18.5 Å². The molecule has 2 atom stereocenters. The van der Waals surface area contributed by atoms with E-state index in [0.717, 1.165) is 44.9 Å². The van der Waals surface area contributed by atoms with Crippen molar-refractivity contribution in [3.8, 4) is 0 Å². The van der Waals surface area contributed by atoms with E-state index in [9.17, 15) is 19.8 Å². The zero-order chi connectivity index (χ0) is 52.9. The van der Waals surface area contributed by atoms with E-state index in [1.165, 1.54) is 302 Å². The Kier molecular flexibility index (Phi) is 61.9. The first kappa shape index (κ1) is 71.6. The molecule has 0 bridgehead atoms. The van der Waals surface area contributed by atoms with Crippen molar-refractivity contribution in [1.29, 1.82) is 0 Å². The second-order valence-electron chi connectivity index (χ2n) is 23.2. The number of rotatable bonds is 63. The van der Waals surface area contributed by atoms with E-state index >= 15 is 0 Å². The van der Waals surface area contributed by atoms with E-state index < -0.39 is 12.1 Å². The van der Waals surface area contributed by atoms with Gasteiger partial charge < -0.3 is 20.3 Å². The number of aliphatic hydroxyl groups is 2. The number of allylic oxidation sites excluding steroid dienone is 2. The second-order valence-corrected chi connectivity index (χ2v) is 23.2. The Balaban J connectivity index is 3.27. The van der Waals surface area contributed by atoms with Crippen LogP contribution in [0.4, 0.5) is 0 Å². The Morgan fingerprint density at radius 2 is 0.644 bits per heavy atom. The molecule has 6 heteroatoms. The zero-order valence-corrected chi connectivity index (χ0v) is 49.6. The molecule has 0 saturated carbocycles. The number of carbonyl (C=O) groups is 2. The van der Waals surface area contributed by atoms with Crippen molar-refractivity contribution in [2.75, 3.05) is 13.2 Å². The Morgan fingerprint density at radius 3 is 0.973 bits per heavy atom. The largest absolute Gasteiger partial charge is 0.466 e. The van der Waals surface area contributed by atoms with E-state index in [1.54, 1.807) is 0 Å². The fourth-order valence-corrected chi connectivity index (χ4v) is 10.7. The van der Waals surface area contributed by atoms with Crippen LogP contribution in [0.5, 0.6) is 0 Å². The fraction of sp³-hybridized carbons (Fsp3) is 0.940. The minimum absolute atomic E-state index is 0.0136. The molecule has 6 nitrogen and oxygen atoms in total. The van der Waals surface area contributed by atoms with E-state index in [2.05, 4.69) is 31.3 Å². The molecule has 0 heterocycles. The highest BCUT2D eigenvalue weighted by molar-refractivity contribution is 5.76. The normalized spacial score (nSPS) is 12.5. The summed E-state index contributed by atoms with van der Waals surface area (Å²) in [5, 5.41) is 23.1. The Morgan fingerprint density at radius 1 is 0.370 bits per heavy atom. The van der Waals surface area contributed by atoms with E-state index in [0.29, 0.717) is 25.9 Å². The molecule has 0 rings (SSSR count). The van der Waals surface area contributed by atoms with E-state index in [4.69, 9.17) is 4.74 Å². The summed E-state index contributed by atoms with van der Waals surface area (Å²) in [5.74, 6) is -0.0171. The topological polar surface area (TPSA) is 95.9 Å². The van der Waals surface area contributed by atoms with Crippen molar-refractivity contribution < 1.29 is 24.5 Å². The number of hydrogen-bond donors (Lipinski definition) is 3. The highest BCUT2D eigenvalue weighted by Crippen LogP contribution is 2.19. The number of ether oxygens (including phenoxy) is 1. The first-order chi connectivity index (χ1) is 36.0. The molecule has 2 unspecified atom stereocenters. The molecule has 0 aromatic heterocycles. The first-order valence-electron chi connectivity index (χ1n) is 33.4. The van der Waals surface area contributed by atoms with Gasteiger partial charge in [0.1, 0.15) is 0 Å². The smallest absolute Gasteiger partial charge is 0.305 e. The summed E-state index contributed by atoms with van der Waals surface area (Å²) in [6, 6.07) is -0.534. The molecule has 0 aliphatic carbocycles. The minimum atomic E-state index is -0.657. The van der Waals surface area contributed by atoms with Crippen LogP contribution in [-0.4, -0.2) is 47.4 Å². The van der Waals surface area contributed by atoms with Crippen molar-refractivity contribution >= 4 is 11.9 Å². The summed E-state index contributed by atoms with van der Waals surface area (Å²) in [4.78, 5) is 24.5. The molecule has 434 valence electrons. The highest BCUT2D eigenvalue weighted by atomic mass is 16.5. The predicted molar refractivity (Wildman–Crippen MR) is 320 cm³/mol. The lowest BCUT2D eigenvalue weighted by Gasteiger charge is -2.22. The van der Waals surface area contributed by atoms with Crippen LogP contribution in [0.15, 0.2) is 12.2 Å². The van der Waals surface area contributed by atoms with Gasteiger partial charge in [0.15, 0.2) is 0 Å². The third-order valence-corrected chi connectivity index (χ3v) is 15.8. The molecule has 0 aromatic rings. The quantitative estimate of drug-likeness (QED) is 0.0320. The lowest BCUT2D eigenvalue weighted by Crippen LogP contribution is -2.45. The van der Waals surface area contributed by atoms with Gasteiger partial charge in [0.05, 0.1) is 25.4 Å². The summed E-state index contributed by atoms with van der Waals surface area (Å²) in [6.45, 7) is 4.95. The standard InChI is InChI=1S/C67H131NO5/c1-3-5-7-9-11-13-14-15-38-41-45-49-53-57-61-67(72)73-62-58-54-50-46-42-39-36-34-32-30-28-26-24-22-20-18-16-17-19-21-23-25-27-29-31-33-35-37-40-44-48-52-56-60-66(71)68-64(63-69)65(70)59-55-51-47-43-12-10-8-6-4-2/h14-15,64-65,69-70H,3-13,16-63H2,1-2H3,(H,68,71)/b15-14-. The number of aliphatic hydroxyl groups excluding tert-OH is 2. The summed E-state index contributed by atoms with van der Waals surface area (Å²) in [6.07, 6.45) is 77.0. The molecule has 0 spiro atoms. The van der Waals surface area contributed by atoms with Gasteiger partial charge in [-0.3, -0.25) is 9.59 Å². The first-order valence-corrected chi connectivity index (χ1v) is 33.4. The Bertz CT molecular complexity index is 1100. The van der Waals surface area contributed by atoms with Gasteiger partial charge >= 0.3 is 5.97 Å². The third-order valence-electron chi connectivity index (χ3n) is 15.8. The van der Waals surface area contributed by atoms with Crippen LogP contribution in [-0.2, 0) is 14.3 Å². The molecular formula is C67H131NO5. The Labute approximate surface area is 457 Å². The molecule has 0 radical (unpaired) electrons. The van der Waals surface area contributed by atoms with Crippen molar-refractivity contribution in [3.05, 3.63) is 12.2 Å². The molecule has 0 aliphatic heterocycles. The molecule has 73 heavy (non-hydrogen) atoms. The van der Waals surface area contributed by atoms with Gasteiger partial charge in [-0.15, -0.1) is 0 Å². The SMILES string of the molecule is CCCCCCC/C=C\CCCCCCCC(=O)OCCCCCCCCCCCCCCCCCCCCCCCCCCCCCCCCCCCC(=O)NC(CO)C(O)CCCCCCCCCCC. The highest BCUT2D eigenvalue weighted by Gasteiger charge is 2.20. The van der Waals surface area contributed by atoms with Gasteiger partial charge in [0.25, 0.3) is 0 Å². The van der Waals surface area contributed by atoms with Crippen LogP contribution in [0.3, 0.4) is 0 Å². The maximum atomic E-state index is 12.4. The van der Waals surface area contributed by atoms with Crippen LogP contribution >= 0.6 is 0 Å². The van der Waals surface area contributed by atoms with Gasteiger partial charge in [-0.1, -0.05) is 328 Å². The molecule has 0 saturated heterocycles. The number of esters is 1. The van der Waals surface area contributed by atoms with Crippen molar-refractivity contribution in [2.45, 2.75) is 392 Å². The van der Waals surface area contributed by atoms with Crippen molar-refractivity contribution in [2.24, 2.45) is 0 Å². The summed E-state index contributed by atoms with van der Waals surface area (Å²) in [7, 11) is 0. The maximum Gasteiger partial charge on any atom is 0.305 e. The van der Waals surface area contributed by atoms with Crippen LogP contribution in [0.1, 0.15) is 380 Å². The summed E-state index contributed by atoms with van der Waals surface area (Å²) in [5.41, 5.74) is 0. The lowest BCUT2D eigenvalue weighted by molar-refractivity contribution is -0.143. The number of carbonyl (C=O) groups excluding carboxylic acids is 2. The van der Waals surface area contributed by atoms with Gasteiger partial charge in [-0.05, 0) is 51.4 Å². The number of unbranched alkanes of at least 4 members (excludes halogenated alkanes) is 50. The number of amides is 1. The molecule has 0 aliphatic rings. The van der Waals surface area contributed by atoms with Crippen LogP contribution in [0, 0.1) is 0 Å². The number of hydrogen-bond acceptors (Lipinski definition) is 5. The van der Waals surface area contributed by atoms with Crippen LogP contribution < -0.4 is 5.32 Å². The van der Waals surface area contributed by atoms with Gasteiger partial charge in [0.2, 0.25) is 5.91 Å². The summed E-state index contributed by atoms with van der Waals surface area (Å²) >= 11 is 0. The maximum absolute atomic E-state index is 12.4. The monoisotopic (exact) mass is 1030 g/mol. The van der Waals surface area contributed by atoms with Gasteiger partial charge in [-0.2, -0.15) is 0 Å². The van der Waals surface area contributed by atoms with Crippen molar-refractivity contribution in [1.82, 2.24) is 5.32 Å². The van der Waals surface area contributed by atoms with E-state index in [1.807, 2.05) is 0 Å². The minimum Gasteiger partial charge on any atom is -0.466 e. The number of nitrogens with one attached hydrogen (secondary N) is 1. The van der Waals surface area contributed by atoms with Crippen molar-refractivity contribution in [3.63, 3.8) is 0 Å². The van der Waals surface area contributed by atoms with Gasteiger partial charge in [-0.25, -0.2) is 0 Å². The lowest BCUT2D eigenvalue weighted by atomic mass is 10.0. The molecule has 0 aromatic carbocycles. The summed E-state index contributed by atoms with van der Waals surface area (Å²) < 4.78 is 5.49. The van der Waals surface area contributed by atoms with Crippen LogP contribution in [0.2, 0.25) is 0 Å². The van der Waals surface area contributed by atoms with Crippen LogP contribution in [0.25, 0.3) is 0 Å². The zero-order valence-electron chi connectivity index (χ0n) is 49.6. The molecular weight excluding hydrogens is 899 g/mol. The average molecular weight is 1030 g/mol. The fourth-order valence-electron chi connectivity index (χ4n) is 10.7. The molecule has 3 N–H and O–H groups in total. The Hall–Kier alpha value is -1.40. The molecule has 1 amide bonds. The van der Waals surface area contributed by atoms with Gasteiger partial charge in [0, 0.05) is 12.8 Å². The predicted octanol–water partition coefficient (Wildman–Crippen LogP) is 21.2. The average Bonchev–Trinajstić information content (AvgIpc) is 3.39. The molecule has 0 fully saturated rings. The third kappa shape index (κ3) is 59.7. The second kappa shape index (κ2) is 63.1.